The van der Waals surface area contributed by atoms with Gasteiger partial charge in [0.1, 0.15) is 13.1 Å². The lowest BCUT2D eigenvalue weighted by Gasteiger charge is -2.27. The van der Waals surface area contributed by atoms with E-state index in [-0.39, 0.29) is 5.91 Å². The van der Waals surface area contributed by atoms with Gasteiger partial charge in [0.15, 0.2) is 0 Å². The molecule has 190 valence electrons. The molecule has 2 aromatic carbocycles. The van der Waals surface area contributed by atoms with E-state index >= 15 is 0 Å². The minimum absolute atomic E-state index is 0.373. The zero-order valence-corrected chi connectivity index (χ0v) is 20.7. The molecule has 0 aliphatic rings. The Kier molecular flexibility index (Phi) is 10.6. The summed E-state index contributed by atoms with van der Waals surface area (Å²) in [6.07, 6.45) is 6.22. The summed E-state index contributed by atoms with van der Waals surface area (Å²) in [6.45, 7) is 3.24. The van der Waals surface area contributed by atoms with E-state index in [1.165, 1.54) is 19.4 Å². The van der Waals surface area contributed by atoms with Crippen molar-refractivity contribution in [3.8, 4) is 0 Å². The molecule has 0 spiro atoms. The van der Waals surface area contributed by atoms with Crippen molar-refractivity contribution < 1.29 is 29.4 Å². The molecule has 0 radical (unpaired) electrons. The number of carboxylic acids is 2. The first-order valence-electron chi connectivity index (χ1n) is 11.5. The van der Waals surface area contributed by atoms with E-state index in [0.29, 0.717) is 0 Å². The van der Waals surface area contributed by atoms with Gasteiger partial charge in [0.25, 0.3) is 0 Å². The van der Waals surface area contributed by atoms with Gasteiger partial charge in [-0.05, 0) is 30.0 Å². The molecule has 0 aliphatic heterocycles. The van der Waals surface area contributed by atoms with E-state index in [4.69, 9.17) is 10.2 Å². The third kappa shape index (κ3) is 9.21. The molecule has 2 atom stereocenters. The third-order valence-corrected chi connectivity index (χ3v) is 5.50. The van der Waals surface area contributed by atoms with Crippen LogP contribution in [0.25, 0.3) is 6.08 Å². The molecule has 2 amide bonds. The second kappa shape index (κ2) is 13.6. The standard InChI is InChI=1S/C28H32N2O6/c1-19(15-23-11-7-8-12-24(23)16-22-9-5-4-6-10-22)13-14-25(29-21(3)31)20(2)28(36)30(17-26(32)33)18-27(34)35/h4-15,20,25H,16-18H2,1-3H3,(H,29,31)(H,32,33)(H,34,35)/b14-13+,19-15+/t20-,25-/m0/s1. The first kappa shape index (κ1) is 28.0. The van der Waals surface area contributed by atoms with Crippen molar-refractivity contribution in [2.45, 2.75) is 33.2 Å². The Labute approximate surface area is 210 Å². The molecule has 0 unspecified atom stereocenters. The van der Waals surface area contributed by atoms with E-state index in [9.17, 15) is 19.2 Å². The number of rotatable bonds is 12. The average molecular weight is 493 g/mol. The number of nitrogens with one attached hydrogen (secondary N) is 1. The number of benzene rings is 2. The normalized spacial score (nSPS) is 13.1. The average Bonchev–Trinajstić information content (AvgIpc) is 2.81. The number of hydrogen-bond acceptors (Lipinski definition) is 4. The maximum absolute atomic E-state index is 12.9. The number of carboxylic acid groups (broad SMARTS) is 2. The van der Waals surface area contributed by atoms with E-state index in [1.54, 1.807) is 12.2 Å². The molecular formula is C28H32N2O6. The summed E-state index contributed by atoms with van der Waals surface area (Å²) in [5, 5.41) is 20.8. The molecule has 0 heterocycles. The summed E-state index contributed by atoms with van der Waals surface area (Å²) in [5.74, 6) is -4.59. The highest BCUT2D eigenvalue weighted by molar-refractivity contribution is 5.87. The van der Waals surface area contributed by atoms with Crippen LogP contribution < -0.4 is 5.32 Å². The fraction of sp³-hybridized carbons (Fsp3) is 0.286. The number of carbonyl (C=O) groups excluding carboxylic acids is 2. The minimum atomic E-state index is -1.32. The number of amides is 2. The SMILES string of the molecule is CC(=O)N[C@@H](/C=C/C(C)=C/c1ccccc1Cc1ccccc1)[C@H](C)C(=O)N(CC(=O)O)CC(=O)O. The Hall–Kier alpha value is -4.20. The number of hydrogen-bond donors (Lipinski definition) is 3. The van der Waals surface area contributed by atoms with Gasteiger partial charge >= 0.3 is 11.9 Å². The molecule has 3 N–H and O–H groups in total. The molecule has 0 aliphatic carbocycles. The molecule has 36 heavy (non-hydrogen) atoms. The van der Waals surface area contributed by atoms with Gasteiger partial charge in [0.05, 0.1) is 12.0 Å². The Balaban J connectivity index is 2.25. The Morgan fingerprint density at radius 2 is 1.50 bits per heavy atom. The van der Waals surface area contributed by atoms with Crippen LogP contribution in [0.5, 0.6) is 0 Å². The molecular weight excluding hydrogens is 460 g/mol. The van der Waals surface area contributed by atoms with E-state index in [0.717, 1.165) is 28.0 Å². The van der Waals surface area contributed by atoms with Crippen LogP contribution in [-0.4, -0.2) is 58.0 Å². The third-order valence-electron chi connectivity index (χ3n) is 5.50. The maximum atomic E-state index is 12.9. The first-order chi connectivity index (χ1) is 17.1. The summed E-state index contributed by atoms with van der Waals surface area (Å²) in [6, 6.07) is 17.4. The zero-order chi connectivity index (χ0) is 26.7. The van der Waals surface area contributed by atoms with Crippen LogP contribution in [-0.2, 0) is 25.6 Å². The van der Waals surface area contributed by atoms with Crippen molar-refractivity contribution in [2.75, 3.05) is 13.1 Å². The molecule has 0 bridgehead atoms. The molecule has 0 saturated carbocycles. The Morgan fingerprint density at radius 1 is 0.917 bits per heavy atom. The van der Waals surface area contributed by atoms with Gasteiger partial charge in [0.2, 0.25) is 11.8 Å². The lowest BCUT2D eigenvalue weighted by atomic mass is 9.97. The fourth-order valence-electron chi connectivity index (χ4n) is 3.75. The molecule has 0 aromatic heterocycles. The van der Waals surface area contributed by atoms with Gasteiger partial charge in [-0.2, -0.15) is 0 Å². The Morgan fingerprint density at radius 3 is 2.08 bits per heavy atom. The molecule has 8 nitrogen and oxygen atoms in total. The predicted octanol–water partition coefficient (Wildman–Crippen LogP) is 3.38. The smallest absolute Gasteiger partial charge is 0.323 e. The summed E-state index contributed by atoms with van der Waals surface area (Å²) in [5.41, 5.74) is 4.25. The number of carbonyl (C=O) groups is 4. The van der Waals surface area contributed by atoms with Crippen molar-refractivity contribution >= 4 is 29.8 Å². The summed E-state index contributed by atoms with van der Waals surface area (Å²) >= 11 is 0. The second-order valence-corrected chi connectivity index (χ2v) is 8.61. The van der Waals surface area contributed by atoms with E-state index < -0.39 is 42.9 Å². The van der Waals surface area contributed by atoms with Gasteiger partial charge in [-0.1, -0.05) is 85.3 Å². The van der Waals surface area contributed by atoms with Crippen molar-refractivity contribution in [1.82, 2.24) is 10.2 Å². The van der Waals surface area contributed by atoms with Crippen molar-refractivity contribution in [1.29, 1.82) is 0 Å². The van der Waals surface area contributed by atoms with Crippen LogP contribution in [0.2, 0.25) is 0 Å². The number of nitrogens with zero attached hydrogens (tertiary/aromatic N) is 1. The van der Waals surface area contributed by atoms with Gasteiger partial charge in [-0.15, -0.1) is 0 Å². The molecule has 0 fully saturated rings. The van der Waals surface area contributed by atoms with Crippen LogP contribution in [0.3, 0.4) is 0 Å². The molecule has 0 saturated heterocycles. The van der Waals surface area contributed by atoms with Crippen molar-refractivity contribution in [3.63, 3.8) is 0 Å². The highest BCUT2D eigenvalue weighted by Crippen LogP contribution is 2.18. The van der Waals surface area contributed by atoms with Crippen LogP contribution in [0.1, 0.15) is 37.5 Å². The van der Waals surface area contributed by atoms with Crippen LogP contribution in [0.15, 0.2) is 72.3 Å². The van der Waals surface area contributed by atoms with Gasteiger partial charge < -0.3 is 20.4 Å². The highest BCUT2D eigenvalue weighted by Gasteiger charge is 2.29. The second-order valence-electron chi connectivity index (χ2n) is 8.61. The summed E-state index contributed by atoms with van der Waals surface area (Å²) in [7, 11) is 0. The van der Waals surface area contributed by atoms with E-state index in [2.05, 4.69) is 23.5 Å². The number of aliphatic carboxylic acids is 2. The first-order valence-corrected chi connectivity index (χ1v) is 11.5. The van der Waals surface area contributed by atoms with Crippen LogP contribution in [0.4, 0.5) is 0 Å². The zero-order valence-electron chi connectivity index (χ0n) is 20.7. The summed E-state index contributed by atoms with van der Waals surface area (Å²) in [4.78, 5) is 47.7. The summed E-state index contributed by atoms with van der Waals surface area (Å²) < 4.78 is 0. The largest absolute Gasteiger partial charge is 0.480 e. The van der Waals surface area contributed by atoms with Crippen molar-refractivity contribution in [3.05, 3.63) is 89.0 Å². The molecule has 2 rings (SSSR count). The monoisotopic (exact) mass is 492 g/mol. The van der Waals surface area contributed by atoms with Gasteiger partial charge in [0, 0.05) is 6.92 Å². The molecule has 8 heteroatoms. The Bertz CT molecular complexity index is 1120. The lowest BCUT2D eigenvalue weighted by Crippen LogP contribution is -2.48. The number of allylic oxidation sites excluding steroid dienone is 2. The van der Waals surface area contributed by atoms with Crippen LogP contribution >= 0.6 is 0 Å². The maximum Gasteiger partial charge on any atom is 0.323 e. The minimum Gasteiger partial charge on any atom is -0.480 e. The molecule has 2 aromatic rings. The highest BCUT2D eigenvalue weighted by atomic mass is 16.4. The predicted molar refractivity (Wildman–Crippen MR) is 137 cm³/mol. The van der Waals surface area contributed by atoms with Crippen LogP contribution in [0, 0.1) is 5.92 Å². The quantitative estimate of drug-likeness (QED) is 0.390. The van der Waals surface area contributed by atoms with Gasteiger partial charge in [-0.25, -0.2) is 0 Å². The topological polar surface area (TPSA) is 124 Å². The fourth-order valence-corrected chi connectivity index (χ4v) is 3.75. The van der Waals surface area contributed by atoms with Crippen molar-refractivity contribution in [2.24, 2.45) is 5.92 Å². The lowest BCUT2D eigenvalue weighted by molar-refractivity contribution is -0.151. The van der Waals surface area contributed by atoms with Gasteiger partial charge in [-0.3, -0.25) is 19.2 Å². The van der Waals surface area contributed by atoms with E-state index in [1.807, 2.05) is 49.4 Å².